The average Bonchev–Trinajstić information content (AvgIpc) is 2.16. The second kappa shape index (κ2) is 5.11. The molecule has 0 aliphatic rings. The lowest BCUT2D eigenvalue weighted by Gasteiger charge is -2.03. The van der Waals surface area contributed by atoms with Gasteiger partial charge in [-0.15, -0.1) is 0 Å². The Balaban J connectivity index is 2.33. The van der Waals surface area contributed by atoms with Crippen LogP contribution >= 0.6 is 11.8 Å². The summed E-state index contributed by atoms with van der Waals surface area (Å²) in [5.74, 6) is 0.992. The Morgan fingerprint density at radius 2 is 2.17 bits per heavy atom. The molecular formula is C8H11N2OS. The highest BCUT2D eigenvalue weighted by atomic mass is 32.2. The zero-order valence-electron chi connectivity index (χ0n) is 6.93. The van der Waals surface area contributed by atoms with Gasteiger partial charge in [0.05, 0.1) is 6.61 Å². The molecule has 4 heteroatoms. The lowest BCUT2D eigenvalue weighted by Crippen LogP contribution is -2.02. The lowest BCUT2D eigenvalue weighted by molar-refractivity contribution is 0.160. The van der Waals surface area contributed by atoms with E-state index >= 15 is 0 Å². The molecule has 1 aromatic rings. The Morgan fingerprint density at radius 1 is 1.50 bits per heavy atom. The molecule has 3 nitrogen and oxygen atoms in total. The van der Waals surface area contributed by atoms with Crippen LogP contribution in [0.5, 0.6) is 0 Å². The molecule has 0 saturated carbocycles. The van der Waals surface area contributed by atoms with Crippen LogP contribution in [0.15, 0.2) is 23.6 Å². The highest BCUT2D eigenvalue weighted by Gasteiger charge is 2.02. The molecule has 0 spiro atoms. The van der Waals surface area contributed by atoms with Crippen molar-refractivity contribution in [2.45, 2.75) is 12.1 Å². The van der Waals surface area contributed by atoms with Crippen LogP contribution in [-0.2, 0) is 5.11 Å². The Morgan fingerprint density at radius 3 is 2.75 bits per heavy atom. The van der Waals surface area contributed by atoms with Crippen molar-refractivity contribution in [1.29, 1.82) is 0 Å². The summed E-state index contributed by atoms with van der Waals surface area (Å²) in [5.41, 5.74) is 0. The minimum absolute atomic E-state index is 0.0279. The summed E-state index contributed by atoms with van der Waals surface area (Å²) in [6, 6.07) is 1.78. The van der Waals surface area contributed by atoms with E-state index in [0.29, 0.717) is 0 Å². The van der Waals surface area contributed by atoms with Crippen molar-refractivity contribution in [3.63, 3.8) is 0 Å². The van der Waals surface area contributed by atoms with Crippen LogP contribution in [0.4, 0.5) is 0 Å². The van der Waals surface area contributed by atoms with Gasteiger partial charge >= 0.3 is 0 Å². The Bertz CT molecular complexity index is 218. The number of aromatic nitrogens is 2. The monoisotopic (exact) mass is 183 g/mol. The van der Waals surface area contributed by atoms with E-state index in [1.165, 1.54) is 11.8 Å². The first-order chi connectivity index (χ1) is 5.83. The number of hydrogen-bond acceptors (Lipinski definition) is 3. The third kappa shape index (κ3) is 3.19. The Hall–Kier alpha value is -0.610. The van der Waals surface area contributed by atoms with Crippen LogP contribution in [0.2, 0.25) is 0 Å². The first-order valence-electron chi connectivity index (χ1n) is 3.81. The van der Waals surface area contributed by atoms with Gasteiger partial charge in [-0.3, -0.25) is 0 Å². The summed E-state index contributed by atoms with van der Waals surface area (Å²) in [5, 5.41) is 11.1. The van der Waals surface area contributed by atoms with Crippen LogP contribution in [0.1, 0.15) is 6.92 Å². The Labute approximate surface area is 76.2 Å². The lowest BCUT2D eigenvalue weighted by atomic mass is 10.2. The summed E-state index contributed by atoms with van der Waals surface area (Å²) < 4.78 is 0. The van der Waals surface area contributed by atoms with Gasteiger partial charge < -0.3 is 0 Å². The highest BCUT2D eigenvalue weighted by Crippen LogP contribution is 2.14. The predicted octanol–water partition coefficient (Wildman–Crippen LogP) is 1.64. The number of nitrogens with zero attached hydrogens (tertiary/aromatic N) is 2. The van der Waals surface area contributed by atoms with Crippen LogP contribution in [0.25, 0.3) is 0 Å². The molecule has 0 aliphatic heterocycles. The van der Waals surface area contributed by atoms with E-state index in [9.17, 15) is 5.11 Å². The van der Waals surface area contributed by atoms with E-state index in [0.717, 1.165) is 10.9 Å². The normalized spacial score (nSPS) is 12.8. The van der Waals surface area contributed by atoms with Gasteiger partial charge in [-0.2, -0.15) is 0 Å². The van der Waals surface area contributed by atoms with E-state index in [1.807, 2.05) is 6.92 Å². The first kappa shape index (κ1) is 9.48. The van der Waals surface area contributed by atoms with Crippen LogP contribution in [-0.4, -0.2) is 22.3 Å². The molecule has 0 aromatic carbocycles. The fraction of sp³-hybridized carbons (Fsp3) is 0.500. The fourth-order valence-corrected chi connectivity index (χ4v) is 1.43. The summed E-state index contributed by atoms with van der Waals surface area (Å²) in [4.78, 5) is 8.07. The molecule has 0 amide bonds. The predicted molar refractivity (Wildman–Crippen MR) is 47.5 cm³/mol. The topological polar surface area (TPSA) is 45.7 Å². The van der Waals surface area contributed by atoms with Gasteiger partial charge in [-0.25, -0.2) is 15.1 Å². The van der Waals surface area contributed by atoms with E-state index < -0.39 is 0 Å². The molecule has 1 aromatic heterocycles. The first-order valence-corrected chi connectivity index (χ1v) is 4.79. The molecule has 1 rings (SSSR count). The van der Waals surface area contributed by atoms with Crippen molar-refractivity contribution in [3.05, 3.63) is 18.5 Å². The number of thioether (sulfide) groups is 1. The van der Waals surface area contributed by atoms with Crippen molar-refractivity contribution < 1.29 is 5.11 Å². The third-order valence-corrected chi connectivity index (χ3v) is 2.53. The molecule has 1 unspecified atom stereocenters. The van der Waals surface area contributed by atoms with Gasteiger partial charge in [-0.1, -0.05) is 18.7 Å². The van der Waals surface area contributed by atoms with Gasteiger partial charge in [-0.05, 0) is 12.0 Å². The van der Waals surface area contributed by atoms with E-state index in [2.05, 4.69) is 9.97 Å². The van der Waals surface area contributed by atoms with Gasteiger partial charge in [0.1, 0.15) is 0 Å². The molecular weight excluding hydrogens is 172 g/mol. The second-order valence-corrected chi connectivity index (χ2v) is 3.60. The largest absolute Gasteiger partial charge is 0.236 e. The molecule has 1 atom stereocenters. The quantitative estimate of drug-likeness (QED) is 0.526. The molecule has 0 bridgehead atoms. The van der Waals surface area contributed by atoms with Crippen LogP contribution < -0.4 is 0 Å². The molecule has 0 aliphatic carbocycles. The van der Waals surface area contributed by atoms with Crippen molar-refractivity contribution in [3.8, 4) is 0 Å². The minimum atomic E-state index is -0.0279. The van der Waals surface area contributed by atoms with Crippen molar-refractivity contribution >= 4 is 11.8 Å². The fourth-order valence-electron chi connectivity index (χ4n) is 0.625. The van der Waals surface area contributed by atoms with Gasteiger partial charge in [0.15, 0.2) is 5.16 Å². The minimum Gasteiger partial charge on any atom is -0.236 e. The molecule has 0 fully saturated rings. The van der Waals surface area contributed by atoms with E-state index in [-0.39, 0.29) is 12.5 Å². The Kier molecular flexibility index (Phi) is 4.04. The zero-order chi connectivity index (χ0) is 8.81. The van der Waals surface area contributed by atoms with Gasteiger partial charge in [0.25, 0.3) is 0 Å². The van der Waals surface area contributed by atoms with E-state index in [1.54, 1.807) is 18.5 Å². The van der Waals surface area contributed by atoms with E-state index in [4.69, 9.17) is 0 Å². The summed E-state index contributed by atoms with van der Waals surface area (Å²) >= 11 is 1.53. The molecule has 12 heavy (non-hydrogen) atoms. The third-order valence-electron chi connectivity index (χ3n) is 1.32. The molecule has 1 heterocycles. The van der Waals surface area contributed by atoms with Gasteiger partial charge in [0, 0.05) is 18.1 Å². The molecule has 65 valence electrons. The summed E-state index contributed by atoms with van der Waals surface area (Å²) in [7, 11) is 0. The summed E-state index contributed by atoms with van der Waals surface area (Å²) in [6.45, 7) is 1.91. The maximum Gasteiger partial charge on any atom is 0.187 e. The number of rotatable bonds is 4. The van der Waals surface area contributed by atoms with Gasteiger partial charge in [0.2, 0.25) is 0 Å². The number of hydrogen-bond donors (Lipinski definition) is 0. The molecule has 1 radical (unpaired) electrons. The average molecular weight is 183 g/mol. The molecule has 0 N–H and O–H groups in total. The maximum atomic E-state index is 10.4. The second-order valence-electron chi connectivity index (χ2n) is 2.61. The van der Waals surface area contributed by atoms with Crippen molar-refractivity contribution in [2.75, 3.05) is 12.4 Å². The highest BCUT2D eigenvalue weighted by molar-refractivity contribution is 7.99. The van der Waals surface area contributed by atoms with Crippen LogP contribution in [0, 0.1) is 5.92 Å². The SMILES string of the molecule is CC(C[O])CSc1ncccn1. The smallest absolute Gasteiger partial charge is 0.187 e. The van der Waals surface area contributed by atoms with Crippen molar-refractivity contribution in [1.82, 2.24) is 9.97 Å². The summed E-state index contributed by atoms with van der Waals surface area (Å²) in [6.07, 6.45) is 3.41. The standard InChI is InChI=1S/C8H11N2OS/c1-7(5-11)6-12-8-9-3-2-4-10-8/h2-4,7H,5-6H2,1H3. The van der Waals surface area contributed by atoms with Crippen LogP contribution in [0.3, 0.4) is 0 Å². The van der Waals surface area contributed by atoms with Crippen molar-refractivity contribution in [2.24, 2.45) is 5.92 Å². The molecule has 0 saturated heterocycles. The zero-order valence-corrected chi connectivity index (χ0v) is 7.75. The maximum absolute atomic E-state index is 10.4.